The van der Waals surface area contributed by atoms with Crippen LogP contribution >= 0.6 is 15.9 Å². The molecule has 124 valence electrons. The molecule has 4 nitrogen and oxygen atoms in total. The molecule has 0 bridgehead atoms. The first-order valence-electron chi connectivity index (χ1n) is 7.29. The first-order chi connectivity index (χ1) is 10.1. The van der Waals surface area contributed by atoms with Crippen LogP contribution in [0.25, 0.3) is 0 Å². The molecule has 1 aromatic rings. The molecule has 6 heteroatoms. The van der Waals surface area contributed by atoms with Crippen molar-refractivity contribution in [2.24, 2.45) is 0 Å². The predicted octanol–water partition coefficient (Wildman–Crippen LogP) is 2.97. The highest BCUT2D eigenvalue weighted by Crippen LogP contribution is 2.22. The number of carbonyl (C=O) groups is 1. The Morgan fingerprint density at radius 3 is 2.50 bits per heavy atom. The maximum Gasteiger partial charge on any atom is 0.224 e. The Hall–Kier alpha value is -0.720. The van der Waals surface area contributed by atoms with Crippen molar-refractivity contribution in [3.8, 4) is 0 Å². The summed E-state index contributed by atoms with van der Waals surface area (Å²) in [6.45, 7) is 9.96. The molecule has 0 aromatic heterocycles. The molecule has 0 aliphatic carbocycles. The van der Waals surface area contributed by atoms with Crippen LogP contribution in [-0.4, -0.2) is 27.6 Å². The Bertz CT molecular complexity index is 554. The molecule has 2 N–H and O–H groups in total. The fraction of sp³-hybridized carbons (Fsp3) is 0.562. The van der Waals surface area contributed by atoms with Gasteiger partial charge in [0.05, 0.1) is 28.0 Å². The largest absolute Gasteiger partial charge is 0.354 e. The van der Waals surface area contributed by atoms with E-state index >= 15 is 0 Å². The van der Waals surface area contributed by atoms with Gasteiger partial charge >= 0.3 is 0 Å². The van der Waals surface area contributed by atoms with Gasteiger partial charge in [-0.15, -0.1) is 0 Å². The van der Waals surface area contributed by atoms with Crippen LogP contribution in [0.4, 0.5) is 0 Å². The minimum atomic E-state index is -1.17. The molecule has 1 aromatic carbocycles. The van der Waals surface area contributed by atoms with E-state index in [9.17, 15) is 9.00 Å². The van der Waals surface area contributed by atoms with Crippen molar-refractivity contribution in [2.45, 2.75) is 57.5 Å². The number of rotatable bonds is 6. The highest BCUT2D eigenvalue weighted by molar-refractivity contribution is 9.10. The number of hydrogen-bond acceptors (Lipinski definition) is 3. The number of carbonyl (C=O) groups excluding carboxylic acids is 1. The van der Waals surface area contributed by atoms with Gasteiger partial charge < -0.3 is 10.6 Å². The van der Waals surface area contributed by atoms with Gasteiger partial charge in [0.15, 0.2) is 0 Å². The van der Waals surface area contributed by atoms with Crippen LogP contribution in [0.2, 0.25) is 0 Å². The molecular formula is C16H25BrN2O2S. The van der Waals surface area contributed by atoms with Gasteiger partial charge in [0, 0.05) is 16.1 Å². The minimum absolute atomic E-state index is 0.0260. The summed E-state index contributed by atoms with van der Waals surface area (Å²) in [7, 11) is -1.17. The summed E-state index contributed by atoms with van der Waals surface area (Å²) in [5, 5.41) is 6.09. The van der Waals surface area contributed by atoms with E-state index in [-0.39, 0.29) is 17.5 Å². The number of amides is 1. The van der Waals surface area contributed by atoms with Crippen LogP contribution in [0.5, 0.6) is 0 Å². The van der Waals surface area contributed by atoms with Crippen molar-refractivity contribution in [3.05, 3.63) is 28.2 Å². The number of benzene rings is 1. The van der Waals surface area contributed by atoms with Gasteiger partial charge in [0.2, 0.25) is 5.91 Å². The normalized spacial score (nSPS) is 13.2. The summed E-state index contributed by atoms with van der Waals surface area (Å²) < 4.78 is 13.2. The van der Waals surface area contributed by atoms with Crippen LogP contribution in [0.1, 0.15) is 40.2 Å². The molecule has 22 heavy (non-hydrogen) atoms. The average molecular weight is 389 g/mol. The van der Waals surface area contributed by atoms with E-state index in [1.165, 1.54) is 0 Å². The summed E-state index contributed by atoms with van der Waals surface area (Å²) in [6, 6.07) is 5.68. The van der Waals surface area contributed by atoms with Crippen molar-refractivity contribution < 1.29 is 9.00 Å². The van der Waals surface area contributed by atoms with Gasteiger partial charge in [-0.05, 0) is 68.2 Å². The summed E-state index contributed by atoms with van der Waals surface area (Å²) in [4.78, 5) is 12.5. The topological polar surface area (TPSA) is 58.2 Å². The van der Waals surface area contributed by atoms with Crippen LogP contribution < -0.4 is 10.6 Å². The summed E-state index contributed by atoms with van der Waals surface area (Å²) in [5.74, 6) is 0.353. The molecule has 0 heterocycles. The maximum atomic E-state index is 12.4. The lowest BCUT2D eigenvalue weighted by Gasteiger charge is -2.20. The Morgan fingerprint density at radius 1 is 1.32 bits per heavy atom. The molecule has 0 spiro atoms. The SMILES string of the molecule is CC(C)NC(=O)Cc1ccc(Br)c(S(=O)CNC(C)(C)C)c1. The maximum absolute atomic E-state index is 12.4. The zero-order valence-corrected chi connectivity index (χ0v) is 16.2. The van der Waals surface area contributed by atoms with Crippen LogP contribution in [0, 0.1) is 0 Å². The predicted molar refractivity (Wildman–Crippen MR) is 95.3 cm³/mol. The Labute approximate surface area is 144 Å². The lowest BCUT2D eigenvalue weighted by molar-refractivity contribution is -0.120. The third-order valence-corrected chi connectivity index (χ3v) is 4.98. The smallest absolute Gasteiger partial charge is 0.224 e. The molecule has 1 atom stereocenters. The molecule has 0 saturated heterocycles. The molecule has 1 amide bonds. The van der Waals surface area contributed by atoms with E-state index < -0.39 is 10.8 Å². The van der Waals surface area contributed by atoms with Crippen LogP contribution in [-0.2, 0) is 22.0 Å². The summed E-state index contributed by atoms with van der Waals surface area (Å²) in [5.41, 5.74) is 0.775. The number of halogens is 1. The third-order valence-electron chi connectivity index (χ3n) is 2.79. The first kappa shape index (κ1) is 19.3. The number of nitrogens with one attached hydrogen (secondary N) is 2. The highest BCUT2D eigenvalue weighted by Gasteiger charge is 2.15. The summed E-state index contributed by atoms with van der Waals surface area (Å²) in [6.07, 6.45) is 0.294. The van der Waals surface area contributed by atoms with Gasteiger partial charge in [0.25, 0.3) is 0 Å². The second-order valence-electron chi connectivity index (χ2n) is 6.58. The van der Waals surface area contributed by atoms with Gasteiger partial charge in [-0.1, -0.05) is 6.07 Å². The van der Waals surface area contributed by atoms with Gasteiger partial charge in [-0.2, -0.15) is 0 Å². The van der Waals surface area contributed by atoms with Crippen molar-refractivity contribution in [1.29, 1.82) is 0 Å². The fourth-order valence-corrected chi connectivity index (χ4v) is 3.83. The zero-order chi connectivity index (χ0) is 16.9. The third kappa shape index (κ3) is 7.03. The van der Waals surface area contributed by atoms with E-state index in [0.29, 0.717) is 17.2 Å². The molecule has 0 radical (unpaired) electrons. The molecule has 1 rings (SSSR count). The highest BCUT2D eigenvalue weighted by atomic mass is 79.9. The molecule has 0 aliphatic heterocycles. The van der Waals surface area contributed by atoms with Gasteiger partial charge in [-0.25, -0.2) is 0 Å². The lowest BCUT2D eigenvalue weighted by Crippen LogP contribution is -2.37. The quantitative estimate of drug-likeness (QED) is 0.787. The van der Waals surface area contributed by atoms with E-state index in [0.717, 1.165) is 10.0 Å². The van der Waals surface area contributed by atoms with Crippen LogP contribution in [0.3, 0.4) is 0 Å². The average Bonchev–Trinajstić information content (AvgIpc) is 2.36. The standard InChI is InChI=1S/C16H25BrN2O2S/c1-11(2)19-15(20)9-12-6-7-13(17)14(8-12)22(21)10-18-16(3,4)5/h6-8,11,18H,9-10H2,1-5H3,(H,19,20). The molecule has 0 aliphatic rings. The van der Waals surface area contributed by atoms with E-state index in [1.807, 2.05) is 52.8 Å². The van der Waals surface area contributed by atoms with Gasteiger partial charge in [-0.3, -0.25) is 9.00 Å². The van der Waals surface area contributed by atoms with E-state index in [1.54, 1.807) is 0 Å². The van der Waals surface area contributed by atoms with Crippen molar-refractivity contribution in [3.63, 3.8) is 0 Å². The van der Waals surface area contributed by atoms with Gasteiger partial charge in [0.1, 0.15) is 0 Å². The van der Waals surface area contributed by atoms with Crippen molar-refractivity contribution in [1.82, 2.24) is 10.6 Å². The fourth-order valence-electron chi connectivity index (χ4n) is 1.75. The second kappa shape index (κ2) is 8.22. The first-order valence-corrected chi connectivity index (χ1v) is 9.41. The summed E-state index contributed by atoms with van der Waals surface area (Å²) >= 11 is 3.44. The molecule has 0 fully saturated rings. The van der Waals surface area contributed by atoms with E-state index in [4.69, 9.17) is 0 Å². The lowest BCUT2D eigenvalue weighted by atomic mass is 10.1. The van der Waals surface area contributed by atoms with Crippen molar-refractivity contribution >= 4 is 32.6 Å². The Kier molecular flexibility index (Phi) is 7.22. The zero-order valence-electron chi connectivity index (χ0n) is 13.8. The number of hydrogen-bond donors (Lipinski definition) is 2. The van der Waals surface area contributed by atoms with E-state index in [2.05, 4.69) is 26.6 Å². The van der Waals surface area contributed by atoms with Crippen molar-refractivity contribution in [2.75, 3.05) is 5.88 Å². The molecular weight excluding hydrogens is 364 g/mol. The second-order valence-corrected chi connectivity index (χ2v) is 8.85. The Morgan fingerprint density at radius 2 is 1.95 bits per heavy atom. The van der Waals surface area contributed by atoms with Crippen LogP contribution in [0.15, 0.2) is 27.6 Å². The molecule has 1 unspecified atom stereocenters. The monoisotopic (exact) mass is 388 g/mol. The Balaban J connectivity index is 2.81. The molecule has 0 saturated carbocycles. The minimum Gasteiger partial charge on any atom is -0.354 e.